The minimum atomic E-state index is 0.119. The van der Waals surface area contributed by atoms with Crippen molar-refractivity contribution in [3.05, 3.63) is 35.3 Å². The fourth-order valence-corrected chi connectivity index (χ4v) is 4.31. The van der Waals surface area contributed by atoms with Crippen LogP contribution in [0.3, 0.4) is 0 Å². The number of nitrogens with zero attached hydrogens (tertiary/aromatic N) is 5. The van der Waals surface area contributed by atoms with Crippen LogP contribution in [-0.4, -0.2) is 36.7 Å². The third kappa shape index (κ3) is 4.20. The van der Waals surface area contributed by atoms with Crippen molar-refractivity contribution in [2.75, 3.05) is 0 Å². The molecule has 0 unspecified atom stereocenters. The van der Waals surface area contributed by atoms with E-state index < -0.39 is 0 Å². The summed E-state index contributed by atoms with van der Waals surface area (Å²) in [6.45, 7) is 6.36. The highest BCUT2D eigenvalue weighted by atomic mass is 16.5. The Morgan fingerprint density at radius 2 is 2.00 bits per heavy atom. The maximum atomic E-state index is 6.52. The summed E-state index contributed by atoms with van der Waals surface area (Å²) in [5, 5.41) is 14.9. The van der Waals surface area contributed by atoms with Crippen LogP contribution in [0.2, 0.25) is 0 Å². The molecule has 0 aromatic carbocycles. The number of ether oxygens (including phenoxy) is 1. The molecule has 0 radical (unpaired) electrons. The van der Waals surface area contributed by atoms with E-state index in [9.17, 15) is 0 Å². The second kappa shape index (κ2) is 9.32. The minimum absolute atomic E-state index is 0.119. The van der Waals surface area contributed by atoms with E-state index in [-0.39, 0.29) is 6.10 Å². The van der Waals surface area contributed by atoms with E-state index in [2.05, 4.69) is 51.6 Å². The molecule has 0 bridgehead atoms. The quantitative estimate of drug-likeness (QED) is 0.564. The van der Waals surface area contributed by atoms with Crippen molar-refractivity contribution in [1.82, 2.24) is 30.6 Å². The van der Waals surface area contributed by atoms with Gasteiger partial charge in [-0.25, -0.2) is 10.1 Å². The summed E-state index contributed by atoms with van der Waals surface area (Å²) in [6.07, 6.45) is 10.5. The minimum Gasteiger partial charge on any atom is -0.474 e. The topological polar surface area (TPSA) is 89.5 Å². The van der Waals surface area contributed by atoms with Gasteiger partial charge in [-0.1, -0.05) is 26.7 Å². The number of aromatic amines is 1. The molecule has 7 nitrogen and oxygen atoms in total. The van der Waals surface area contributed by atoms with E-state index in [0.717, 1.165) is 73.0 Å². The summed E-state index contributed by atoms with van der Waals surface area (Å²) in [5.74, 6) is 1.24. The van der Waals surface area contributed by atoms with Gasteiger partial charge < -0.3 is 4.74 Å². The molecule has 0 spiro atoms. The monoisotopic (exact) mass is 406 g/mol. The summed E-state index contributed by atoms with van der Waals surface area (Å²) >= 11 is 0. The number of hydrogen-bond acceptors (Lipinski definition) is 6. The Morgan fingerprint density at radius 1 is 1.13 bits per heavy atom. The van der Waals surface area contributed by atoms with Crippen molar-refractivity contribution in [2.24, 2.45) is 0 Å². The molecule has 0 fully saturated rings. The average molecular weight is 407 g/mol. The Kier molecular flexibility index (Phi) is 6.35. The molecule has 0 amide bonds. The fraction of sp³-hybridized carbons (Fsp3) is 0.522. The van der Waals surface area contributed by atoms with Gasteiger partial charge in [0.05, 0.1) is 5.56 Å². The molecule has 0 saturated carbocycles. The van der Waals surface area contributed by atoms with Crippen molar-refractivity contribution in [3.63, 3.8) is 0 Å². The third-order valence-electron chi connectivity index (χ3n) is 5.80. The Morgan fingerprint density at radius 3 is 2.73 bits per heavy atom. The number of rotatable bonds is 7. The average Bonchev–Trinajstić information content (AvgIpc) is 3.18. The molecule has 1 aliphatic carbocycles. The lowest BCUT2D eigenvalue weighted by Crippen LogP contribution is -2.18. The molecule has 3 heterocycles. The first kappa shape index (κ1) is 20.4. The lowest BCUT2D eigenvalue weighted by molar-refractivity contribution is 0.178. The molecule has 0 saturated heterocycles. The van der Waals surface area contributed by atoms with E-state index >= 15 is 0 Å². The normalized spacial score (nSPS) is 14.8. The summed E-state index contributed by atoms with van der Waals surface area (Å²) in [5.41, 5.74) is 6.53. The number of hydrogen-bond donors (Lipinski definition) is 1. The number of fused-ring (bicyclic) bond motifs is 1. The van der Waals surface area contributed by atoms with Gasteiger partial charge in [0, 0.05) is 23.1 Å². The first-order valence-corrected chi connectivity index (χ1v) is 11.1. The van der Waals surface area contributed by atoms with Gasteiger partial charge in [-0.05, 0) is 79.1 Å². The largest absolute Gasteiger partial charge is 0.474 e. The van der Waals surface area contributed by atoms with Gasteiger partial charge in [0.25, 0.3) is 0 Å². The summed E-state index contributed by atoms with van der Waals surface area (Å²) in [6, 6.07) is 4.19. The van der Waals surface area contributed by atoms with Gasteiger partial charge in [-0.3, -0.25) is 4.98 Å². The molecule has 158 valence electrons. The lowest BCUT2D eigenvalue weighted by Gasteiger charge is -2.23. The predicted molar refractivity (Wildman–Crippen MR) is 116 cm³/mol. The highest BCUT2D eigenvalue weighted by Gasteiger charge is 2.27. The molecule has 0 aliphatic heterocycles. The number of H-pyrrole nitrogens is 1. The number of aryl methyl sites for hydroxylation is 2. The van der Waals surface area contributed by atoms with Crippen LogP contribution in [0, 0.1) is 6.92 Å². The molecular formula is C23H30N6O. The fourth-order valence-electron chi connectivity index (χ4n) is 4.31. The third-order valence-corrected chi connectivity index (χ3v) is 5.80. The van der Waals surface area contributed by atoms with Crippen LogP contribution in [0.15, 0.2) is 18.3 Å². The van der Waals surface area contributed by atoms with Crippen LogP contribution >= 0.6 is 0 Å². The van der Waals surface area contributed by atoms with E-state index in [0.29, 0.717) is 11.7 Å². The van der Waals surface area contributed by atoms with Gasteiger partial charge in [0.15, 0.2) is 5.82 Å². The summed E-state index contributed by atoms with van der Waals surface area (Å²) in [4.78, 5) is 9.46. The summed E-state index contributed by atoms with van der Waals surface area (Å²) < 4.78 is 6.52. The molecule has 7 heteroatoms. The van der Waals surface area contributed by atoms with Crippen LogP contribution in [0.1, 0.15) is 69.3 Å². The Bertz CT molecular complexity index is 986. The molecule has 1 atom stereocenters. The zero-order valence-electron chi connectivity index (χ0n) is 18.1. The number of pyridine rings is 2. The maximum absolute atomic E-state index is 6.52. The molecule has 1 N–H and O–H groups in total. The predicted octanol–water partition coefficient (Wildman–Crippen LogP) is 4.86. The second-order valence-corrected chi connectivity index (χ2v) is 8.03. The number of aromatic nitrogens is 6. The van der Waals surface area contributed by atoms with Gasteiger partial charge in [0.1, 0.15) is 6.10 Å². The summed E-state index contributed by atoms with van der Waals surface area (Å²) in [7, 11) is 0. The number of nitrogens with one attached hydrogen (secondary N) is 1. The van der Waals surface area contributed by atoms with E-state index in [1.54, 1.807) is 0 Å². The van der Waals surface area contributed by atoms with Gasteiger partial charge in [-0.2, -0.15) is 0 Å². The van der Waals surface area contributed by atoms with Crippen molar-refractivity contribution < 1.29 is 4.74 Å². The Labute approximate surface area is 177 Å². The smallest absolute Gasteiger partial charge is 0.225 e. The van der Waals surface area contributed by atoms with Gasteiger partial charge >= 0.3 is 0 Å². The zero-order valence-corrected chi connectivity index (χ0v) is 18.1. The second-order valence-electron chi connectivity index (χ2n) is 8.03. The molecule has 1 aliphatic rings. The van der Waals surface area contributed by atoms with Crippen LogP contribution in [0.4, 0.5) is 0 Å². The molecule has 3 aromatic heterocycles. The van der Waals surface area contributed by atoms with Gasteiger partial charge in [-0.15, -0.1) is 5.10 Å². The van der Waals surface area contributed by atoms with E-state index in [4.69, 9.17) is 9.72 Å². The van der Waals surface area contributed by atoms with Crippen LogP contribution < -0.4 is 4.74 Å². The highest BCUT2D eigenvalue weighted by Crippen LogP contribution is 2.42. The Hall–Kier alpha value is -2.83. The van der Waals surface area contributed by atoms with Crippen molar-refractivity contribution in [1.29, 1.82) is 0 Å². The van der Waals surface area contributed by atoms with Crippen LogP contribution in [0.25, 0.3) is 22.5 Å². The molecule has 3 aromatic rings. The lowest BCUT2D eigenvalue weighted by atomic mass is 9.91. The molecular weight excluding hydrogens is 376 g/mol. The van der Waals surface area contributed by atoms with Crippen molar-refractivity contribution in [3.8, 4) is 28.4 Å². The van der Waals surface area contributed by atoms with Gasteiger partial charge in [0.2, 0.25) is 5.88 Å². The Balaban J connectivity index is 1.98. The zero-order chi connectivity index (χ0) is 20.9. The first-order chi connectivity index (χ1) is 14.7. The van der Waals surface area contributed by atoms with Crippen molar-refractivity contribution >= 4 is 0 Å². The maximum Gasteiger partial charge on any atom is 0.225 e. The van der Waals surface area contributed by atoms with Crippen LogP contribution in [-0.2, 0) is 12.8 Å². The molecule has 30 heavy (non-hydrogen) atoms. The highest BCUT2D eigenvalue weighted by molar-refractivity contribution is 5.86. The van der Waals surface area contributed by atoms with Crippen molar-refractivity contribution in [2.45, 2.75) is 78.2 Å². The van der Waals surface area contributed by atoms with Crippen LogP contribution in [0.5, 0.6) is 5.88 Å². The van der Waals surface area contributed by atoms with E-state index in [1.165, 1.54) is 12.0 Å². The first-order valence-electron chi connectivity index (χ1n) is 11.1. The number of tetrazole rings is 1. The molecule has 4 rings (SSSR count). The van der Waals surface area contributed by atoms with E-state index in [1.807, 2.05) is 13.1 Å². The standard InChI is InChI=1S/C23H30N6O/c1-4-9-17(5-2)30-23-21(22-26-28-29-27-22)20(16-12-13-24-15(3)14-16)18-10-7-6-8-11-19(18)25-23/h12-14,17H,4-11H2,1-3H3,(H,26,27,28,29)/t17-/m1/s1. The SMILES string of the molecule is CCC[C@@H](CC)Oc1nc2c(c(-c3ccnc(C)c3)c1-c1nnn[nH]1)CCCCC2.